The molecule has 1 saturated heterocycles. The van der Waals surface area contributed by atoms with Gasteiger partial charge in [0.05, 0.1) is 11.3 Å². The number of carbonyl (C=O) groups is 2. The molecule has 0 bridgehead atoms. The first-order chi connectivity index (χ1) is 10.0. The maximum Gasteiger partial charge on any atom is 0.236 e. The summed E-state index contributed by atoms with van der Waals surface area (Å²) in [5.41, 5.74) is 10.0. The quantitative estimate of drug-likeness (QED) is 0.636. The van der Waals surface area contributed by atoms with E-state index in [1.807, 2.05) is 19.1 Å². The van der Waals surface area contributed by atoms with Gasteiger partial charge in [0.2, 0.25) is 11.6 Å². The summed E-state index contributed by atoms with van der Waals surface area (Å²) in [4.78, 5) is 26.9. The van der Waals surface area contributed by atoms with E-state index in [1.54, 1.807) is 6.92 Å². The van der Waals surface area contributed by atoms with Crippen LogP contribution in [0.5, 0.6) is 0 Å². The third-order valence-electron chi connectivity index (χ3n) is 4.52. The van der Waals surface area contributed by atoms with Gasteiger partial charge in [0.15, 0.2) is 0 Å². The number of nitrogen functional groups attached to an aromatic ring is 1. The number of nitrogens with two attached hydrogens (primary N) is 1. The van der Waals surface area contributed by atoms with Gasteiger partial charge in [0, 0.05) is 29.9 Å². The summed E-state index contributed by atoms with van der Waals surface area (Å²) >= 11 is 0. The number of likely N-dealkylation sites (tertiary alicyclic amines) is 1. The zero-order chi connectivity index (χ0) is 15.1. The molecule has 1 heterocycles. The van der Waals surface area contributed by atoms with E-state index in [-0.39, 0.29) is 0 Å². The number of ketones is 2. The predicted molar refractivity (Wildman–Crippen MR) is 82.9 cm³/mol. The number of piperidine rings is 1. The summed E-state index contributed by atoms with van der Waals surface area (Å²) in [7, 11) is 0. The molecule has 0 atom stereocenters. The van der Waals surface area contributed by atoms with E-state index in [2.05, 4.69) is 4.90 Å². The zero-order valence-corrected chi connectivity index (χ0v) is 12.5. The molecule has 4 heteroatoms. The van der Waals surface area contributed by atoms with Crippen LogP contribution in [-0.4, -0.2) is 29.6 Å². The number of fused-ring (bicyclic) bond motifs is 1. The SMILES string of the molecule is CC1=C(N2CCCCC2)c2ccc(C)c(N)c2C(=O)C1=O. The Hall–Kier alpha value is -2.10. The summed E-state index contributed by atoms with van der Waals surface area (Å²) in [6, 6.07) is 3.85. The van der Waals surface area contributed by atoms with Crippen molar-refractivity contribution in [3.05, 3.63) is 34.4 Å². The van der Waals surface area contributed by atoms with Crippen molar-refractivity contribution in [2.24, 2.45) is 0 Å². The second-order valence-corrected chi connectivity index (χ2v) is 5.90. The molecule has 110 valence electrons. The Morgan fingerprint density at radius 1 is 1.00 bits per heavy atom. The number of hydrogen-bond acceptors (Lipinski definition) is 4. The Balaban J connectivity index is 2.21. The van der Waals surface area contributed by atoms with Gasteiger partial charge in [-0.3, -0.25) is 9.59 Å². The highest BCUT2D eigenvalue weighted by atomic mass is 16.2. The lowest BCUT2D eigenvalue weighted by atomic mass is 9.84. The maximum atomic E-state index is 12.3. The number of hydrogen-bond donors (Lipinski definition) is 1. The molecule has 1 aromatic carbocycles. The minimum absolute atomic E-state index is 0.395. The van der Waals surface area contributed by atoms with Crippen molar-refractivity contribution in [3.8, 4) is 0 Å². The Morgan fingerprint density at radius 2 is 1.67 bits per heavy atom. The van der Waals surface area contributed by atoms with Crippen molar-refractivity contribution in [1.82, 2.24) is 4.90 Å². The Kier molecular flexibility index (Phi) is 3.32. The van der Waals surface area contributed by atoms with Gasteiger partial charge in [-0.25, -0.2) is 0 Å². The molecule has 2 aliphatic rings. The van der Waals surface area contributed by atoms with E-state index < -0.39 is 11.6 Å². The highest BCUT2D eigenvalue weighted by molar-refractivity contribution is 6.53. The minimum Gasteiger partial charge on any atom is -0.398 e. The molecule has 1 aromatic rings. The van der Waals surface area contributed by atoms with Crippen LogP contribution in [0.3, 0.4) is 0 Å². The molecule has 3 rings (SSSR count). The largest absolute Gasteiger partial charge is 0.398 e. The van der Waals surface area contributed by atoms with Gasteiger partial charge < -0.3 is 10.6 Å². The van der Waals surface area contributed by atoms with E-state index in [1.165, 1.54) is 6.42 Å². The fourth-order valence-corrected chi connectivity index (χ4v) is 3.28. The smallest absolute Gasteiger partial charge is 0.236 e. The van der Waals surface area contributed by atoms with E-state index in [0.29, 0.717) is 16.8 Å². The third kappa shape index (κ3) is 2.06. The van der Waals surface area contributed by atoms with Crippen molar-refractivity contribution in [1.29, 1.82) is 0 Å². The first-order valence-corrected chi connectivity index (χ1v) is 7.46. The van der Waals surface area contributed by atoms with Crippen molar-refractivity contribution in [2.45, 2.75) is 33.1 Å². The maximum absolute atomic E-state index is 12.3. The minimum atomic E-state index is -0.468. The molecule has 0 amide bonds. The van der Waals surface area contributed by atoms with E-state index >= 15 is 0 Å². The number of rotatable bonds is 1. The van der Waals surface area contributed by atoms with Crippen LogP contribution in [-0.2, 0) is 4.79 Å². The van der Waals surface area contributed by atoms with E-state index in [4.69, 9.17) is 5.73 Å². The summed E-state index contributed by atoms with van der Waals surface area (Å²) in [6.07, 6.45) is 3.46. The van der Waals surface area contributed by atoms with Gasteiger partial charge in [-0.2, -0.15) is 0 Å². The highest BCUT2D eigenvalue weighted by Gasteiger charge is 2.34. The number of carbonyl (C=O) groups excluding carboxylic acids is 2. The van der Waals surface area contributed by atoms with Crippen LogP contribution in [0.15, 0.2) is 17.7 Å². The molecule has 0 unspecified atom stereocenters. The molecule has 0 radical (unpaired) electrons. The first kappa shape index (κ1) is 13.9. The highest BCUT2D eigenvalue weighted by Crippen LogP contribution is 2.37. The zero-order valence-electron chi connectivity index (χ0n) is 12.5. The fourth-order valence-electron chi connectivity index (χ4n) is 3.28. The van der Waals surface area contributed by atoms with Crippen LogP contribution >= 0.6 is 0 Å². The number of benzene rings is 1. The van der Waals surface area contributed by atoms with Crippen molar-refractivity contribution < 1.29 is 9.59 Å². The number of anilines is 1. The van der Waals surface area contributed by atoms with Gasteiger partial charge >= 0.3 is 0 Å². The molecular weight excluding hydrogens is 264 g/mol. The summed E-state index contributed by atoms with van der Waals surface area (Å²) < 4.78 is 0. The predicted octanol–water partition coefficient (Wildman–Crippen LogP) is 2.56. The Morgan fingerprint density at radius 3 is 2.33 bits per heavy atom. The summed E-state index contributed by atoms with van der Waals surface area (Å²) in [5, 5.41) is 0. The third-order valence-corrected chi connectivity index (χ3v) is 4.52. The lowest BCUT2D eigenvalue weighted by Crippen LogP contribution is -2.34. The molecule has 0 aromatic heterocycles. The van der Waals surface area contributed by atoms with Crippen LogP contribution in [0.25, 0.3) is 5.70 Å². The Labute approximate surface area is 124 Å². The van der Waals surface area contributed by atoms with Crippen LogP contribution in [0.1, 0.15) is 47.7 Å². The number of aryl methyl sites for hydroxylation is 1. The normalized spacial score (nSPS) is 19.0. The Bertz CT molecular complexity index is 668. The molecule has 4 nitrogen and oxygen atoms in total. The first-order valence-electron chi connectivity index (χ1n) is 7.46. The average molecular weight is 284 g/mol. The molecule has 1 aliphatic heterocycles. The van der Waals surface area contributed by atoms with Crippen LogP contribution in [0, 0.1) is 6.92 Å². The van der Waals surface area contributed by atoms with Crippen molar-refractivity contribution in [3.63, 3.8) is 0 Å². The lowest BCUT2D eigenvalue weighted by molar-refractivity contribution is -0.111. The van der Waals surface area contributed by atoms with Gasteiger partial charge in [-0.05, 0) is 38.7 Å². The fraction of sp³-hybridized carbons (Fsp3) is 0.412. The van der Waals surface area contributed by atoms with Gasteiger partial charge in [0.25, 0.3) is 0 Å². The average Bonchev–Trinajstić information content (AvgIpc) is 2.50. The molecule has 0 spiro atoms. The van der Waals surface area contributed by atoms with Crippen LogP contribution in [0.2, 0.25) is 0 Å². The van der Waals surface area contributed by atoms with Crippen molar-refractivity contribution in [2.75, 3.05) is 18.8 Å². The van der Waals surface area contributed by atoms with E-state index in [0.717, 1.165) is 42.8 Å². The topological polar surface area (TPSA) is 63.4 Å². The van der Waals surface area contributed by atoms with Gasteiger partial charge in [0.1, 0.15) is 0 Å². The second kappa shape index (κ2) is 5.02. The number of nitrogens with zero attached hydrogens (tertiary/aromatic N) is 1. The van der Waals surface area contributed by atoms with Gasteiger partial charge in [-0.15, -0.1) is 0 Å². The molecule has 1 aliphatic carbocycles. The van der Waals surface area contributed by atoms with Crippen LogP contribution < -0.4 is 5.73 Å². The summed E-state index contributed by atoms with van der Waals surface area (Å²) in [5.74, 6) is -0.884. The standard InChI is InChI=1S/C17H20N2O2/c1-10-6-7-12-13(14(10)18)17(21)16(20)11(2)15(12)19-8-4-3-5-9-19/h6-7H,3-5,8-9,18H2,1-2H3. The number of allylic oxidation sites excluding steroid dienone is 1. The molecule has 21 heavy (non-hydrogen) atoms. The van der Waals surface area contributed by atoms with Gasteiger partial charge in [-0.1, -0.05) is 12.1 Å². The molecular formula is C17H20N2O2. The lowest BCUT2D eigenvalue weighted by Gasteiger charge is -2.35. The molecule has 1 fully saturated rings. The monoisotopic (exact) mass is 284 g/mol. The number of Topliss-reactive ketones (excluding diaryl/α,β-unsaturated/α-hetero) is 2. The van der Waals surface area contributed by atoms with Crippen LogP contribution in [0.4, 0.5) is 5.69 Å². The van der Waals surface area contributed by atoms with Crippen molar-refractivity contribution >= 4 is 23.0 Å². The second-order valence-electron chi connectivity index (χ2n) is 5.90. The van der Waals surface area contributed by atoms with E-state index in [9.17, 15) is 9.59 Å². The molecule has 0 saturated carbocycles. The molecule has 2 N–H and O–H groups in total. The summed E-state index contributed by atoms with van der Waals surface area (Å²) in [6.45, 7) is 5.48.